The lowest BCUT2D eigenvalue weighted by Crippen LogP contribution is -2.23. The Bertz CT molecular complexity index is 868. The van der Waals surface area contributed by atoms with Crippen molar-refractivity contribution < 1.29 is 0 Å². The van der Waals surface area contributed by atoms with Crippen molar-refractivity contribution >= 4 is 45.7 Å². The number of rotatable bonds is 3. The van der Waals surface area contributed by atoms with E-state index in [1.807, 2.05) is 18.3 Å². The molecule has 0 atom stereocenters. The standard InChI is InChI=1S/C19H19ClIN3/c20-13-10-11-17-23-18(15-8-4-5-9-16(15)21)19(24(17)12-13)22-14-6-2-1-3-7-14/h4-5,8-12,14,22H,1-3,6-7H2. The number of nitrogens with one attached hydrogen (secondary N) is 1. The number of nitrogens with zero attached hydrogens (tertiary/aromatic N) is 2. The summed E-state index contributed by atoms with van der Waals surface area (Å²) in [5.41, 5.74) is 3.09. The Kier molecular flexibility index (Phi) is 4.68. The molecule has 1 fully saturated rings. The number of imidazole rings is 1. The number of benzene rings is 1. The van der Waals surface area contributed by atoms with E-state index in [-0.39, 0.29) is 0 Å². The lowest BCUT2D eigenvalue weighted by atomic mass is 9.95. The summed E-state index contributed by atoms with van der Waals surface area (Å²) < 4.78 is 3.30. The van der Waals surface area contributed by atoms with Gasteiger partial charge in [0.25, 0.3) is 0 Å². The second-order valence-corrected chi connectivity index (χ2v) is 7.94. The Morgan fingerprint density at radius 2 is 1.88 bits per heavy atom. The van der Waals surface area contributed by atoms with Crippen molar-refractivity contribution in [2.75, 3.05) is 5.32 Å². The maximum absolute atomic E-state index is 6.24. The molecule has 2 heterocycles. The fourth-order valence-electron chi connectivity index (χ4n) is 3.44. The number of hydrogen-bond donors (Lipinski definition) is 1. The van der Waals surface area contributed by atoms with Crippen LogP contribution in [0.25, 0.3) is 16.9 Å². The van der Waals surface area contributed by atoms with Gasteiger partial charge in [0.15, 0.2) is 0 Å². The smallest absolute Gasteiger partial charge is 0.139 e. The average molecular weight is 452 g/mol. The Labute approximate surface area is 160 Å². The van der Waals surface area contributed by atoms with Crippen LogP contribution in [0, 0.1) is 3.57 Å². The van der Waals surface area contributed by atoms with Crippen LogP contribution < -0.4 is 5.32 Å². The third-order valence-corrected chi connectivity index (χ3v) is 5.82. The van der Waals surface area contributed by atoms with Crippen LogP contribution in [0.4, 0.5) is 5.82 Å². The molecule has 4 rings (SSSR count). The van der Waals surface area contributed by atoms with Gasteiger partial charge in [0.2, 0.25) is 0 Å². The van der Waals surface area contributed by atoms with Gasteiger partial charge in [-0.15, -0.1) is 0 Å². The van der Waals surface area contributed by atoms with Crippen LogP contribution in [0.5, 0.6) is 0 Å². The molecule has 0 spiro atoms. The monoisotopic (exact) mass is 451 g/mol. The second-order valence-electron chi connectivity index (χ2n) is 6.34. The third-order valence-electron chi connectivity index (χ3n) is 4.66. The molecule has 2 aromatic heterocycles. The van der Waals surface area contributed by atoms with Crippen molar-refractivity contribution in [2.45, 2.75) is 38.1 Å². The molecule has 5 heteroatoms. The van der Waals surface area contributed by atoms with Crippen LogP contribution in [-0.4, -0.2) is 15.4 Å². The van der Waals surface area contributed by atoms with Crippen LogP contribution in [0.2, 0.25) is 5.02 Å². The van der Waals surface area contributed by atoms with Gasteiger partial charge in [-0.05, 0) is 53.6 Å². The van der Waals surface area contributed by atoms with E-state index < -0.39 is 0 Å². The van der Waals surface area contributed by atoms with E-state index in [0.717, 1.165) is 27.7 Å². The zero-order valence-electron chi connectivity index (χ0n) is 13.3. The molecule has 1 aliphatic rings. The molecule has 1 aliphatic carbocycles. The number of halogens is 2. The molecule has 3 nitrogen and oxygen atoms in total. The van der Waals surface area contributed by atoms with E-state index in [1.165, 1.54) is 35.7 Å². The molecule has 0 amide bonds. The first-order valence-electron chi connectivity index (χ1n) is 8.41. The van der Waals surface area contributed by atoms with Crippen molar-refractivity contribution in [1.29, 1.82) is 0 Å². The van der Waals surface area contributed by atoms with Gasteiger partial charge in [-0.1, -0.05) is 49.1 Å². The zero-order valence-corrected chi connectivity index (χ0v) is 16.2. The number of pyridine rings is 1. The van der Waals surface area contributed by atoms with Crippen LogP contribution in [0.1, 0.15) is 32.1 Å². The predicted octanol–water partition coefficient (Wildman–Crippen LogP) is 6.00. The first-order valence-corrected chi connectivity index (χ1v) is 9.87. The minimum atomic E-state index is 0.512. The lowest BCUT2D eigenvalue weighted by Gasteiger charge is -2.24. The van der Waals surface area contributed by atoms with Crippen LogP contribution in [0.3, 0.4) is 0 Å². The summed E-state index contributed by atoms with van der Waals surface area (Å²) >= 11 is 8.62. The Morgan fingerprint density at radius 3 is 2.67 bits per heavy atom. The van der Waals surface area contributed by atoms with Crippen molar-refractivity contribution in [3.63, 3.8) is 0 Å². The van der Waals surface area contributed by atoms with Gasteiger partial charge in [-0.2, -0.15) is 0 Å². The molecule has 124 valence electrons. The van der Waals surface area contributed by atoms with E-state index in [4.69, 9.17) is 16.6 Å². The predicted molar refractivity (Wildman–Crippen MR) is 109 cm³/mol. The van der Waals surface area contributed by atoms with Gasteiger partial charge in [0.1, 0.15) is 17.2 Å². The van der Waals surface area contributed by atoms with Crippen molar-refractivity contribution in [2.24, 2.45) is 0 Å². The Balaban J connectivity index is 1.85. The molecular formula is C19H19ClIN3. The van der Waals surface area contributed by atoms with Crippen molar-refractivity contribution in [3.8, 4) is 11.3 Å². The highest BCUT2D eigenvalue weighted by Gasteiger charge is 2.20. The summed E-state index contributed by atoms with van der Waals surface area (Å²) in [6, 6.07) is 12.8. The molecule has 0 unspecified atom stereocenters. The number of aromatic nitrogens is 2. The quantitative estimate of drug-likeness (QED) is 0.495. The van der Waals surface area contributed by atoms with Gasteiger partial charge in [0, 0.05) is 21.4 Å². The minimum Gasteiger partial charge on any atom is -0.367 e. The summed E-state index contributed by atoms with van der Waals surface area (Å²) in [7, 11) is 0. The molecule has 1 N–H and O–H groups in total. The zero-order chi connectivity index (χ0) is 16.5. The van der Waals surface area contributed by atoms with Gasteiger partial charge in [-0.3, -0.25) is 4.40 Å². The van der Waals surface area contributed by atoms with Gasteiger partial charge < -0.3 is 5.32 Å². The molecular weight excluding hydrogens is 433 g/mol. The normalized spacial score (nSPS) is 15.8. The summed E-state index contributed by atoms with van der Waals surface area (Å²) in [6.45, 7) is 0. The van der Waals surface area contributed by atoms with E-state index in [1.54, 1.807) is 0 Å². The first kappa shape index (κ1) is 16.2. The summed E-state index contributed by atoms with van der Waals surface area (Å²) in [5.74, 6) is 1.06. The highest BCUT2D eigenvalue weighted by molar-refractivity contribution is 14.1. The lowest BCUT2D eigenvalue weighted by molar-refractivity contribution is 0.462. The number of hydrogen-bond acceptors (Lipinski definition) is 2. The van der Waals surface area contributed by atoms with E-state index >= 15 is 0 Å². The fourth-order valence-corrected chi connectivity index (χ4v) is 4.24. The molecule has 1 saturated carbocycles. The third kappa shape index (κ3) is 3.14. The maximum Gasteiger partial charge on any atom is 0.139 e. The molecule has 0 bridgehead atoms. The van der Waals surface area contributed by atoms with Gasteiger partial charge >= 0.3 is 0 Å². The average Bonchev–Trinajstić information content (AvgIpc) is 2.94. The molecule has 0 radical (unpaired) electrons. The summed E-state index contributed by atoms with van der Waals surface area (Å²) in [5, 5.41) is 4.49. The van der Waals surface area contributed by atoms with Crippen LogP contribution in [0.15, 0.2) is 42.6 Å². The van der Waals surface area contributed by atoms with Crippen LogP contribution in [-0.2, 0) is 0 Å². The van der Waals surface area contributed by atoms with E-state index in [0.29, 0.717) is 6.04 Å². The topological polar surface area (TPSA) is 29.3 Å². The first-order chi connectivity index (χ1) is 11.7. The molecule has 1 aromatic carbocycles. The highest BCUT2D eigenvalue weighted by Crippen LogP contribution is 2.34. The Morgan fingerprint density at radius 1 is 1.08 bits per heavy atom. The second kappa shape index (κ2) is 6.92. The maximum atomic E-state index is 6.24. The van der Waals surface area contributed by atoms with E-state index in [9.17, 15) is 0 Å². The minimum absolute atomic E-state index is 0.512. The number of fused-ring (bicyclic) bond motifs is 1. The van der Waals surface area contributed by atoms with Crippen molar-refractivity contribution in [3.05, 3.63) is 51.2 Å². The van der Waals surface area contributed by atoms with E-state index in [2.05, 4.69) is 56.6 Å². The molecule has 0 aliphatic heterocycles. The van der Waals surface area contributed by atoms with Crippen LogP contribution >= 0.6 is 34.2 Å². The summed E-state index contributed by atoms with van der Waals surface area (Å²) in [4.78, 5) is 4.89. The largest absolute Gasteiger partial charge is 0.367 e. The summed E-state index contributed by atoms with van der Waals surface area (Å²) in [6.07, 6.45) is 8.34. The molecule has 0 saturated heterocycles. The highest BCUT2D eigenvalue weighted by atomic mass is 127. The Hall–Kier alpha value is -1.27. The molecule has 3 aromatic rings. The fraction of sp³-hybridized carbons (Fsp3) is 0.316. The molecule has 24 heavy (non-hydrogen) atoms. The SMILES string of the molecule is Clc1ccc2nc(-c3ccccc3I)c(NC3CCCCC3)n2c1. The van der Waals surface area contributed by atoms with Gasteiger partial charge in [-0.25, -0.2) is 4.98 Å². The van der Waals surface area contributed by atoms with Crippen molar-refractivity contribution in [1.82, 2.24) is 9.38 Å². The van der Waals surface area contributed by atoms with Gasteiger partial charge in [0.05, 0.1) is 5.02 Å². The number of anilines is 1.